The van der Waals surface area contributed by atoms with E-state index in [0.29, 0.717) is 5.92 Å². The molecule has 0 aromatic carbocycles. The van der Waals surface area contributed by atoms with Crippen LogP contribution >= 0.6 is 0 Å². The third kappa shape index (κ3) is 3.96. The van der Waals surface area contributed by atoms with Crippen molar-refractivity contribution in [1.29, 1.82) is 0 Å². The van der Waals surface area contributed by atoms with Crippen molar-refractivity contribution >= 4 is 5.91 Å². The fourth-order valence-corrected chi connectivity index (χ4v) is 2.51. The van der Waals surface area contributed by atoms with Gasteiger partial charge in [-0.1, -0.05) is 0 Å². The second-order valence-corrected chi connectivity index (χ2v) is 5.37. The topological polar surface area (TPSA) is 43.5 Å². The lowest BCUT2D eigenvalue weighted by molar-refractivity contribution is -0.130. The van der Waals surface area contributed by atoms with Crippen LogP contribution in [0.25, 0.3) is 0 Å². The first-order valence-electron chi connectivity index (χ1n) is 6.80. The van der Waals surface area contributed by atoms with E-state index in [1.807, 2.05) is 4.90 Å². The summed E-state index contributed by atoms with van der Waals surface area (Å²) in [5.74, 6) is 0.669. The molecule has 4 nitrogen and oxygen atoms in total. The SMILES string of the molecule is CC(=O)N1CCN(CCCC([O])C2CC2)CC1. The van der Waals surface area contributed by atoms with Crippen LogP contribution < -0.4 is 0 Å². The highest BCUT2D eigenvalue weighted by atomic mass is 16.3. The highest BCUT2D eigenvalue weighted by molar-refractivity contribution is 5.73. The van der Waals surface area contributed by atoms with Gasteiger partial charge in [-0.3, -0.25) is 9.69 Å². The predicted octanol–water partition coefficient (Wildman–Crippen LogP) is 1.14. The summed E-state index contributed by atoms with van der Waals surface area (Å²) in [4.78, 5) is 15.4. The lowest BCUT2D eigenvalue weighted by Gasteiger charge is -2.34. The van der Waals surface area contributed by atoms with Gasteiger partial charge in [-0.05, 0) is 38.1 Å². The maximum absolute atomic E-state index is 11.6. The third-order valence-corrected chi connectivity index (χ3v) is 3.93. The van der Waals surface area contributed by atoms with Crippen LogP contribution in [0.15, 0.2) is 0 Å². The summed E-state index contributed by atoms with van der Waals surface area (Å²) in [5, 5.41) is 11.6. The van der Waals surface area contributed by atoms with E-state index < -0.39 is 0 Å². The summed E-state index contributed by atoms with van der Waals surface area (Å²) < 4.78 is 0. The first kappa shape index (κ1) is 12.8. The second kappa shape index (κ2) is 5.83. The van der Waals surface area contributed by atoms with Gasteiger partial charge in [0, 0.05) is 33.1 Å². The molecule has 97 valence electrons. The molecule has 2 aliphatic rings. The van der Waals surface area contributed by atoms with Crippen molar-refractivity contribution < 1.29 is 9.90 Å². The summed E-state index contributed by atoms with van der Waals surface area (Å²) in [7, 11) is 0. The molecule has 17 heavy (non-hydrogen) atoms. The molecular formula is C13H23N2O2. The Bertz CT molecular complexity index is 258. The van der Waals surface area contributed by atoms with E-state index in [1.165, 1.54) is 0 Å². The van der Waals surface area contributed by atoms with Gasteiger partial charge in [-0.25, -0.2) is 5.11 Å². The molecule has 0 N–H and O–H groups in total. The molecule has 1 amide bonds. The molecule has 1 heterocycles. The fourth-order valence-electron chi connectivity index (χ4n) is 2.51. The van der Waals surface area contributed by atoms with Crippen LogP contribution in [0, 0.1) is 5.92 Å². The largest absolute Gasteiger partial charge is 0.340 e. The van der Waals surface area contributed by atoms with E-state index >= 15 is 0 Å². The minimum absolute atomic E-state index is 0.179. The Balaban J connectivity index is 1.56. The Labute approximate surface area is 104 Å². The molecule has 0 spiro atoms. The third-order valence-electron chi connectivity index (χ3n) is 3.93. The normalized spacial score (nSPS) is 23.8. The van der Waals surface area contributed by atoms with E-state index in [9.17, 15) is 9.90 Å². The van der Waals surface area contributed by atoms with Crippen molar-refractivity contribution in [2.45, 2.75) is 38.7 Å². The Kier molecular flexibility index (Phi) is 4.40. The lowest BCUT2D eigenvalue weighted by atomic mass is 10.1. The van der Waals surface area contributed by atoms with Crippen molar-refractivity contribution in [3.63, 3.8) is 0 Å². The Morgan fingerprint density at radius 1 is 1.24 bits per heavy atom. The molecule has 1 atom stereocenters. The van der Waals surface area contributed by atoms with Crippen LogP contribution in [-0.2, 0) is 9.90 Å². The smallest absolute Gasteiger partial charge is 0.219 e. The zero-order chi connectivity index (χ0) is 12.3. The summed E-state index contributed by atoms with van der Waals surface area (Å²) in [6.07, 6.45) is 3.85. The Morgan fingerprint density at radius 2 is 1.88 bits per heavy atom. The number of rotatable bonds is 5. The van der Waals surface area contributed by atoms with Crippen LogP contribution in [0.1, 0.15) is 32.6 Å². The molecule has 2 rings (SSSR count). The number of amides is 1. The molecule has 1 unspecified atom stereocenters. The Morgan fingerprint density at radius 3 is 2.41 bits per heavy atom. The lowest BCUT2D eigenvalue weighted by Crippen LogP contribution is -2.48. The van der Waals surface area contributed by atoms with Gasteiger partial charge in [0.2, 0.25) is 5.91 Å². The number of carbonyl (C=O) groups is 1. The van der Waals surface area contributed by atoms with Gasteiger partial charge in [0.05, 0.1) is 6.10 Å². The molecule has 1 aliphatic carbocycles. The zero-order valence-corrected chi connectivity index (χ0v) is 10.7. The first-order valence-corrected chi connectivity index (χ1v) is 6.80. The van der Waals surface area contributed by atoms with Gasteiger partial charge in [-0.15, -0.1) is 0 Å². The van der Waals surface area contributed by atoms with E-state index in [2.05, 4.69) is 4.90 Å². The van der Waals surface area contributed by atoms with Crippen molar-refractivity contribution in [2.24, 2.45) is 5.92 Å². The van der Waals surface area contributed by atoms with Crippen molar-refractivity contribution in [3.05, 3.63) is 0 Å². The van der Waals surface area contributed by atoms with Gasteiger partial charge in [0.25, 0.3) is 0 Å². The summed E-state index contributed by atoms with van der Waals surface area (Å²) in [5.41, 5.74) is 0. The monoisotopic (exact) mass is 239 g/mol. The van der Waals surface area contributed by atoms with Gasteiger partial charge in [0.1, 0.15) is 0 Å². The maximum Gasteiger partial charge on any atom is 0.219 e. The van der Waals surface area contributed by atoms with E-state index in [4.69, 9.17) is 0 Å². The van der Waals surface area contributed by atoms with Crippen molar-refractivity contribution in [2.75, 3.05) is 32.7 Å². The van der Waals surface area contributed by atoms with Gasteiger partial charge < -0.3 is 4.90 Å². The maximum atomic E-state index is 11.6. The van der Waals surface area contributed by atoms with E-state index in [-0.39, 0.29) is 12.0 Å². The van der Waals surface area contributed by atoms with E-state index in [0.717, 1.165) is 58.4 Å². The quantitative estimate of drug-likeness (QED) is 0.722. The molecule has 2 fully saturated rings. The molecule has 1 saturated heterocycles. The predicted molar refractivity (Wildman–Crippen MR) is 65.1 cm³/mol. The number of hydrogen-bond donors (Lipinski definition) is 0. The summed E-state index contributed by atoms with van der Waals surface area (Å²) in [6.45, 7) is 6.28. The standard InChI is InChI=1S/C13H23N2O2/c1-11(16)15-9-7-14(8-10-15)6-2-3-13(17)12-4-5-12/h12-13H,2-10H2,1H3. The highest BCUT2D eigenvalue weighted by Gasteiger charge is 2.30. The minimum Gasteiger partial charge on any atom is -0.340 e. The molecule has 1 saturated carbocycles. The molecular weight excluding hydrogens is 216 g/mol. The number of carbonyl (C=O) groups excluding carboxylic acids is 1. The number of nitrogens with zero attached hydrogens (tertiary/aromatic N) is 2. The second-order valence-electron chi connectivity index (χ2n) is 5.37. The summed E-state index contributed by atoms with van der Waals surface area (Å²) >= 11 is 0. The van der Waals surface area contributed by atoms with Crippen molar-refractivity contribution in [1.82, 2.24) is 9.80 Å². The molecule has 1 radical (unpaired) electrons. The average molecular weight is 239 g/mol. The van der Waals surface area contributed by atoms with Gasteiger partial charge in [-0.2, -0.15) is 0 Å². The van der Waals surface area contributed by atoms with Crippen LogP contribution in [0.4, 0.5) is 0 Å². The van der Waals surface area contributed by atoms with Crippen LogP contribution in [0.2, 0.25) is 0 Å². The first-order chi connectivity index (χ1) is 8.16. The van der Waals surface area contributed by atoms with Crippen LogP contribution in [-0.4, -0.2) is 54.5 Å². The van der Waals surface area contributed by atoms with Crippen LogP contribution in [0.5, 0.6) is 0 Å². The number of piperazine rings is 1. The van der Waals surface area contributed by atoms with Crippen molar-refractivity contribution in [3.8, 4) is 0 Å². The minimum atomic E-state index is -0.312. The fraction of sp³-hybridized carbons (Fsp3) is 0.923. The molecule has 4 heteroatoms. The molecule has 1 aliphatic heterocycles. The number of hydrogen-bond acceptors (Lipinski definition) is 2. The summed E-state index contributed by atoms with van der Waals surface area (Å²) in [6, 6.07) is 0. The van der Waals surface area contributed by atoms with Gasteiger partial charge in [0.15, 0.2) is 0 Å². The van der Waals surface area contributed by atoms with Crippen LogP contribution in [0.3, 0.4) is 0 Å². The Hall–Kier alpha value is -0.610. The molecule has 0 aromatic rings. The average Bonchev–Trinajstić information content (AvgIpc) is 3.13. The van der Waals surface area contributed by atoms with E-state index in [1.54, 1.807) is 6.92 Å². The zero-order valence-electron chi connectivity index (χ0n) is 10.7. The molecule has 0 aromatic heterocycles. The molecule has 0 bridgehead atoms. The van der Waals surface area contributed by atoms with Gasteiger partial charge >= 0.3 is 0 Å². The highest BCUT2D eigenvalue weighted by Crippen LogP contribution is 2.34.